The molecule has 0 fully saturated rings. The Hall–Kier alpha value is -3.12. The van der Waals surface area contributed by atoms with Crippen LogP contribution < -0.4 is 15.1 Å². The molecular weight excluding hydrogens is 430 g/mol. The molecule has 0 bridgehead atoms. The van der Waals surface area contributed by atoms with Gasteiger partial charge in [0.15, 0.2) is 0 Å². The number of hydrogen-bond acceptors (Lipinski definition) is 4. The molecule has 0 aliphatic rings. The summed E-state index contributed by atoms with van der Waals surface area (Å²) < 4.78 is 6.86. The molecule has 0 spiro atoms. The van der Waals surface area contributed by atoms with Crippen molar-refractivity contribution in [1.29, 1.82) is 0 Å². The summed E-state index contributed by atoms with van der Waals surface area (Å²) in [6.07, 6.45) is 1.61. The van der Waals surface area contributed by atoms with Crippen LogP contribution in [0.25, 0.3) is 0 Å². The SMILES string of the molecule is CN(C)c1ccc(/C=N/NC(=O)c2ccccc2OCc2ccc(Br)cc2)cc1. The van der Waals surface area contributed by atoms with E-state index in [1.165, 1.54) is 0 Å². The van der Waals surface area contributed by atoms with E-state index in [4.69, 9.17) is 4.74 Å². The molecule has 29 heavy (non-hydrogen) atoms. The number of hydrazone groups is 1. The Morgan fingerprint density at radius 3 is 2.41 bits per heavy atom. The number of nitrogens with one attached hydrogen (secondary N) is 1. The Morgan fingerprint density at radius 2 is 1.72 bits per heavy atom. The predicted molar refractivity (Wildman–Crippen MR) is 121 cm³/mol. The first-order valence-corrected chi connectivity index (χ1v) is 9.89. The smallest absolute Gasteiger partial charge is 0.275 e. The minimum atomic E-state index is -0.322. The number of benzene rings is 3. The van der Waals surface area contributed by atoms with Gasteiger partial charge in [0.2, 0.25) is 0 Å². The fourth-order valence-corrected chi connectivity index (χ4v) is 2.87. The normalized spacial score (nSPS) is 10.7. The highest BCUT2D eigenvalue weighted by atomic mass is 79.9. The zero-order chi connectivity index (χ0) is 20.6. The van der Waals surface area contributed by atoms with Crippen molar-refractivity contribution in [3.63, 3.8) is 0 Å². The molecule has 1 N–H and O–H groups in total. The van der Waals surface area contributed by atoms with E-state index in [0.717, 1.165) is 21.3 Å². The quantitative estimate of drug-likeness (QED) is 0.412. The highest BCUT2D eigenvalue weighted by Crippen LogP contribution is 2.20. The zero-order valence-electron chi connectivity index (χ0n) is 16.3. The van der Waals surface area contributed by atoms with Crippen molar-refractivity contribution in [3.8, 4) is 5.75 Å². The van der Waals surface area contributed by atoms with Crippen molar-refractivity contribution < 1.29 is 9.53 Å². The Kier molecular flexibility index (Phi) is 7.03. The standard InChI is InChI=1S/C23H22BrN3O2/c1-27(2)20-13-9-17(10-14-20)15-25-26-23(28)21-5-3-4-6-22(21)29-16-18-7-11-19(24)12-8-18/h3-15H,16H2,1-2H3,(H,26,28)/b25-15+. The van der Waals surface area contributed by atoms with Gasteiger partial charge in [-0.2, -0.15) is 5.10 Å². The fraction of sp³-hybridized carbons (Fsp3) is 0.130. The molecule has 0 aliphatic heterocycles. The van der Waals surface area contributed by atoms with E-state index < -0.39 is 0 Å². The van der Waals surface area contributed by atoms with Crippen LogP contribution in [0.2, 0.25) is 0 Å². The zero-order valence-corrected chi connectivity index (χ0v) is 17.9. The van der Waals surface area contributed by atoms with Gasteiger partial charge in [-0.3, -0.25) is 4.79 Å². The summed E-state index contributed by atoms with van der Waals surface area (Å²) >= 11 is 3.41. The van der Waals surface area contributed by atoms with Gasteiger partial charge in [-0.25, -0.2) is 5.43 Å². The summed E-state index contributed by atoms with van der Waals surface area (Å²) in [5.41, 5.74) is 6.01. The number of carbonyl (C=O) groups is 1. The maximum atomic E-state index is 12.5. The second kappa shape index (κ2) is 9.89. The average Bonchev–Trinajstić information content (AvgIpc) is 2.74. The molecule has 0 atom stereocenters. The number of para-hydroxylation sites is 1. The Morgan fingerprint density at radius 1 is 1.03 bits per heavy atom. The lowest BCUT2D eigenvalue weighted by Crippen LogP contribution is -2.18. The number of halogens is 1. The summed E-state index contributed by atoms with van der Waals surface area (Å²) in [4.78, 5) is 14.6. The van der Waals surface area contributed by atoms with Gasteiger partial charge in [0.25, 0.3) is 5.91 Å². The van der Waals surface area contributed by atoms with Gasteiger partial charge in [0.05, 0.1) is 11.8 Å². The second-order valence-corrected chi connectivity index (χ2v) is 7.51. The van der Waals surface area contributed by atoms with Crippen molar-refractivity contribution in [3.05, 3.63) is 94.0 Å². The number of rotatable bonds is 7. The number of nitrogens with zero attached hydrogens (tertiary/aromatic N) is 2. The summed E-state index contributed by atoms with van der Waals surface area (Å²) in [5.74, 6) is 0.191. The first-order valence-electron chi connectivity index (χ1n) is 9.10. The first kappa shape index (κ1) is 20.6. The lowest BCUT2D eigenvalue weighted by molar-refractivity contribution is 0.0950. The first-order chi connectivity index (χ1) is 14.0. The molecule has 0 aromatic heterocycles. The number of hydrogen-bond donors (Lipinski definition) is 1. The summed E-state index contributed by atoms with van der Waals surface area (Å²) in [5, 5.41) is 4.06. The summed E-state index contributed by atoms with van der Waals surface area (Å²) in [6.45, 7) is 0.374. The Balaban J connectivity index is 1.62. The molecule has 3 aromatic carbocycles. The van der Waals surface area contributed by atoms with Crippen molar-refractivity contribution >= 4 is 33.7 Å². The Bertz CT molecular complexity index is 984. The van der Waals surface area contributed by atoms with Crippen LogP contribution in [0.3, 0.4) is 0 Å². The van der Waals surface area contributed by atoms with Crippen LogP contribution in [0.1, 0.15) is 21.5 Å². The highest BCUT2D eigenvalue weighted by molar-refractivity contribution is 9.10. The van der Waals surface area contributed by atoms with E-state index in [1.807, 2.05) is 73.6 Å². The molecule has 3 aromatic rings. The topological polar surface area (TPSA) is 53.9 Å². The minimum absolute atomic E-state index is 0.322. The van der Waals surface area contributed by atoms with Crippen molar-refractivity contribution in [2.45, 2.75) is 6.61 Å². The highest BCUT2D eigenvalue weighted by Gasteiger charge is 2.11. The molecule has 6 heteroatoms. The van der Waals surface area contributed by atoms with Crippen LogP contribution in [0.4, 0.5) is 5.69 Å². The minimum Gasteiger partial charge on any atom is -0.488 e. The van der Waals surface area contributed by atoms with Crippen LogP contribution in [0.15, 0.2) is 82.4 Å². The number of carbonyl (C=O) groups excluding carboxylic acids is 1. The third kappa shape index (κ3) is 5.93. The van der Waals surface area contributed by atoms with Crippen LogP contribution in [0.5, 0.6) is 5.75 Å². The Labute approximate surface area is 179 Å². The molecule has 0 saturated heterocycles. The molecule has 148 valence electrons. The number of amides is 1. The third-order valence-corrected chi connectivity index (χ3v) is 4.76. The van der Waals surface area contributed by atoms with Gasteiger partial charge in [-0.1, -0.05) is 52.3 Å². The van der Waals surface area contributed by atoms with Gasteiger partial charge in [-0.05, 0) is 47.5 Å². The van der Waals surface area contributed by atoms with Crippen LogP contribution in [-0.2, 0) is 6.61 Å². The molecule has 5 nitrogen and oxygen atoms in total. The van der Waals surface area contributed by atoms with Crippen LogP contribution in [0, 0.1) is 0 Å². The molecule has 0 radical (unpaired) electrons. The molecule has 0 aliphatic carbocycles. The van der Waals surface area contributed by atoms with Gasteiger partial charge >= 0.3 is 0 Å². The van der Waals surface area contributed by atoms with E-state index in [-0.39, 0.29) is 5.91 Å². The molecular formula is C23H22BrN3O2. The monoisotopic (exact) mass is 451 g/mol. The van der Waals surface area contributed by atoms with E-state index in [2.05, 4.69) is 26.5 Å². The average molecular weight is 452 g/mol. The molecule has 3 rings (SSSR count). The van der Waals surface area contributed by atoms with E-state index in [0.29, 0.717) is 17.9 Å². The maximum absolute atomic E-state index is 12.5. The molecule has 0 heterocycles. The summed E-state index contributed by atoms with van der Waals surface area (Å²) in [7, 11) is 3.97. The van der Waals surface area contributed by atoms with Gasteiger partial charge < -0.3 is 9.64 Å². The van der Waals surface area contributed by atoms with Gasteiger partial charge in [0.1, 0.15) is 12.4 Å². The molecule has 1 amide bonds. The van der Waals surface area contributed by atoms with Gasteiger partial charge in [-0.15, -0.1) is 0 Å². The third-order valence-electron chi connectivity index (χ3n) is 4.23. The predicted octanol–water partition coefficient (Wildman–Crippen LogP) is 4.86. The van der Waals surface area contributed by atoms with E-state index >= 15 is 0 Å². The lowest BCUT2D eigenvalue weighted by atomic mass is 10.2. The van der Waals surface area contributed by atoms with Crippen molar-refractivity contribution in [1.82, 2.24) is 5.43 Å². The number of ether oxygens (including phenoxy) is 1. The van der Waals surface area contributed by atoms with Gasteiger partial charge in [0, 0.05) is 24.3 Å². The number of anilines is 1. The summed E-state index contributed by atoms with van der Waals surface area (Å²) in [6, 6.07) is 22.9. The van der Waals surface area contributed by atoms with Crippen LogP contribution >= 0.6 is 15.9 Å². The lowest BCUT2D eigenvalue weighted by Gasteiger charge is -2.11. The van der Waals surface area contributed by atoms with E-state index in [1.54, 1.807) is 24.4 Å². The van der Waals surface area contributed by atoms with Crippen LogP contribution in [-0.4, -0.2) is 26.2 Å². The van der Waals surface area contributed by atoms with Crippen molar-refractivity contribution in [2.75, 3.05) is 19.0 Å². The maximum Gasteiger partial charge on any atom is 0.275 e. The molecule has 0 saturated carbocycles. The molecule has 0 unspecified atom stereocenters. The van der Waals surface area contributed by atoms with E-state index in [9.17, 15) is 4.79 Å². The fourth-order valence-electron chi connectivity index (χ4n) is 2.61. The largest absolute Gasteiger partial charge is 0.488 e. The second-order valence-electron chi connectivity index (χ2n) is 6.60. The van der Waals surface area contributed by atoms with Crippen molar-refractivity contribution in [2.24, 2.45) is 5.10 Å².